The summed E-state index contributed by atoms with van der Waals surface area (Å²) in [5.41, 5.74) is 8.45. The Balaban J connectivity index is 0.000000476. The van der Waals surface area contributed by atoms with Gasteiger partial charge in [0.05, 0.1) is 79.2 Å². The van der Waals surface area contributed by atoms with Crippen molar-refractivity contribution in [2.45, 2.75) is 106 Å². The average Bonchev–Trinajstić information content (AvgIpc) is 0.858. The van der Waals surface area contributed by atoms with E-state index >= 15 is 0 Å². The van der Waals surface area contributed by atoms with Crippen LogP contribution in [0.3, 0.4) is 0 Å². The number of rotatable bonds is 36. The summed E-state index contributed by atoms with van der Waals surface area (Å²) in [6.07, 6.45) is 9.25. The summed E-state index contributed by atoms with van der Waals surface area (Å²) in [4.78, 5) is 79.5. The summed E-state index contributed by atoms with van der Waals surface area (Å²) in [5, 5.41) is 54.1. The molecule has 0 bridgehead atoms. The highest BCUT2D eigenvalue weighted by molar-refractivity contribution is 6.05. The zero-order valence-corrected chi connectivity index (χ0v) is 63.2. The van der Waals surface area contributed by atoms with Gasteiger partial charge in [-0.25, -0.2) is 24.0 Å². The topological polar surface area (TPSA) is 407 Å². The van der Waals surface area contributed by atoms with E-state index in [9.17, 15) is 43.8 Å². The van der Waals surface area contributed by atoms with Crippen molar-refractivity contribution < 1.29 is 97.4 Å². The Hall–Kier alpha value is -12.9. The highest BCUT2D eigenvalue weighted by atomic mass is 16.6. The predicted octanol–water partition coefficient (Wildman–Crippen LogP) is 14.7. The van der Waals surface area contributed by atoms with Crippen molar-refractivity contribution in [2.24, 2.45) is 32.1 Å². The summed E-state index contributed by atoms with van der Waals surface area (Å²) in [5.74, 6) is 8.20. The van der Waals surface area contributed by atoms with Crippen LogP contribution in [0.5, 0.6) is 46.0 Å². The molecule has 0 fully saturated rings. The number of phenols is 3. The number of carboxylic acids is 1. The van der Waals surface area contributed by atoms with E-state index in [1.165, 1.54) is 38.1 Å². The minimum atomic E-state index is -0.962. The summed E-state index contributed by atoms with van der Waals surface area (Å²) in [6.45, 7) is 20.0. The van der Waals surface area contributed by atoms with Crippen molar-refractivity contribution >= 4 is 64.4 Å². The quantitative estimate of drug-likeness (QED) is 0.00244. The summed E-state index contributed by atoms with van der Waals surface area (Å²) < 4.78 is 42.6. The smallest absolute Gasteiger partial charge is 0.343 e. The van der Waals surface area contributed by atoms with Crippen LogP contribution in [0.4, 0.5) is 0 Å². The lowest BCUT2D eigenvalue weighted by atomic mass is 10.1. The van der Waals surface area contributed by atoms with Crippen molar-refractivity contribution in [3.05, 3.63) is 264 Å². The maximum absolute atomic E-state index is 12.8. The molecular formula is C85H98N6O20. The third-order valence-corrected chi connectivity index (χ3v) is 15.2. The fourth-order valence-corrected chi connectivity index (χ4v) is 9.27. The van der Waals surface area contributed by atoms with Gasteiger partial charge in [-0.1, -0.05) is 40.9 Å². The number of benzene rings is 8. The van der Waals surface area contributed by atoms with Gasteiger partial charge in [-0.15, -0.1) is 0 Å². The normalized spacial score (nSPS) is 10.8. The molecule has 26 heteroatoms. The Kier molecular flexibility index (Phi) is 44.0. The van der Waals surface area contributed by atoms with Gasteiger partial charge in [-0.3, -0.25) is 21.3 Å². The van der Waals surface area contributed by atoms with E-state index in [2.05, 4.69) is 45.2 Å². The number of hydrazine groups is 1. The van der Waals surface area contributed by atoms with Gasteiger partial charge in [0.1, 0.15) is 46.0 Å². The molecule has 588 valence electrons. The molecular weight excluding hydrogens is 1420 g/mol. The number of ether oxygens (including phenoxy) is 8. The van der Waals surface area contributed by atoms with Crippen LogP contribution in [0.2, 0.25) is 0 Å². The van der Waals surface area contributed by atoms with Gasteiger partial charge in [-0.05, 0) is 288 Å². The van der Waals surface area contributed by atoms with Crippen LogP contribution in [-0.2, 0) is 28.6 Å². The zero-order chi connectivity index (χ0) is 80.4. The third kappa shape index (κ3) is 36.0. The predicted molar refractivity (Wildman–Crippen MR) is 426 cm³/mol. The van der Waals surface area contributed by atoms with Crippen molar-refractivity contribution in [2.75, 3.05) is 39.6 Å². The molecule has 26 nitrogen and oxygen atoms in total. The Morgan fingerprint density at radius 1 is 0.342 bits per heavy atom. The fourth-order valence-electron chi connectivity index (χ4n) is 9.27. The number of carbonyl (C=O) groups is 7. The van der Waals surface area contributed by atoms with Gasteiger partial charge in [0.15, 0.2) is 5.78 Å². The highest BCUT2D eigenvalue weighted by Crippen LogP contribution is 2.23. The maximum atomic E-state index is 12.8. The fraction of sp³-hybridized carbons (Fsp3) is 0.259. The number of Topliss-reactive ketones (excluding diaryl/α,β-unsaturated/α-hetero) is 1. The van der Waals surface area contributed by atoms with E-state index in [4.69, 9.17) is 48.1 Å². The van der Waals surface area contributed by atoms with E-state index in [0.29, 0.717) is 124 Å². The molecule has 111 heavy (non-hydrogen) atoms. The number of hydrogen-bond donors (Lipinski definition) is 6. The van der Waals surface area contributed by atoms with Crippen molar-refractivity contribution in [3.8, 4) is 46.0 Å². The number of unbranched alkanes of at least 4 members (excludes halogenated alkanes) is 3. The Morgan fingerprint density at radius 3 is 0.829 bits per heavy atom. The van der Waals surface area contributed by atoms with Gasteiger partial charge >= 0.3 is 35.8 Å². The number of phenolic OH excluding ortho intramolecular Hbond substituents is 3. The first-order chi connectivity index (χ1) is 53.1. The van der Waals surface area contributed by atoms with Crippen molar-refractivity contribution in [1.82, 2.24) is 0 Å². The van der Waals surface area contributed by atoms with Crippen molar-refractivity contribution in [1.29, 1.82) is 0 Å². The Morgan fingerprint density at radius 2 is 0.577 bits per heavy atom. The first-order valence-corrected chi connectivity index (χ1v) is 35.4. The van der Waals surface area contributed by atoms with Crippen LogP contribution in [0.25, 0.3) is 0 Å². The van der Waals surface area contributed by atoms with Gasteiger partial charge in [-0.2, -0.15) is 20.4 Å². The number of aromatic hydroxyl groups is 3. The highest BCUT2D eigenvalue weighted by Gasteiger charge is 2.14. The van der Waals surface area contributed by atoms with Gasteiger partial charge in [0.2, 0.25) is 0 Å². The molecule has 0 atom stereocenters. The van der Waals surface area contributed by atoms with Crippen LogP contribution in [0.15, 0.2) is 240 Å². The average molecular weight is 1520 g/mol. The molecule has 0 aliphatic carbocycles. The number of nitrogens with two attached hydrogens (primary N) is 2. The van der Waals surface area contributed by atoms with E-state index in [-0.39, 0.29) is 40.0 Å². The maximum Gasteiger partial charge on any atom is 0.343 e. The van der Waals surface area contributed by atoms with E-state index in [0.717, 1.165) is 82.9 Å². The molecule has 0 radical (unpaired) electrons. The first-order valence-electron chi connectivity index (χ1n) is 35.4. The second-order valence-corrected chi connectivity index (χ2v) is 23.3. The Bertz CT molecular complexity index is 4240. The molecule has 0 saturated carbocycles. The number of carboxylic acid groups (broad SMARTS) is 1. The Labute approximate surface area is 646 Å². The van der Waals surface area contributed by atoms with Crippen molar-refractivity contribution in [3.63, 3.8) is 0 Å². The van der Waals surface area contributed by atoms with Gasteiger partial charge in [0, 0.05) is 24.6 Å². The SMILES string of the molecule is C=CC(=O)OCCCCOc1ccc(C(=O)O)cc1.C=CC(=O)OCCCCOc1ccc(C(=O)Oc2ccc(/C(CC)=N/N=C(\CC)c3ccc(OC(=O)c4ccc(OCCCCOC(C)=O)cc4)cc3)cc2)cc1.CC(=O)c1ccc(O)cc1.CC/C(=N\N=C(/CC)c1ccc(O)cc1)c1ccc(O)cc1.NN.O. The van der Waals surface area contributed by atoms with Crippen LogP contribution in [0, 0.1) is 0 Å². The number of nitrogens with zero attached hydrogens (tertiary/aromatic N) is 4. The number of aromatic carboxylic acids is 1. The van der Waals surface area contributed by atoms with Crippen LogP contribution >= 0.6 is 0 Å². The first kappa shape index (κ1) is 92.3. The number of carbonyl (C=O) groups excluding carboxylic acids is 6. The van der Waals surface area contributed by atoms with E-state index in [1.807, 2.05) is 76.2 Å². The monoisotopic (exact) mass is 1520 g/mol. The van der Waals surface area contributed by atoms with Crippen LogP contribution in [0.1, 0.15) is 169 Å². The second kappa shape index (κ2) is 53.0. The number of ketones is 1. The molecule has 0 saturated heterocycles. The molecule has 0 unspecified atom stereocenters. The number of hydrogen-bond acceptors (Lipinski definition) is 24. The molecule has 0 aromatic heterocycles. The molecule has 0 heterocycles. The second-order valence-electron chi connectivity index (χ2n) is 23.3. The lowest BCUT2D eigenvalue weighted by Crippen LogP contribution is -2.09. The number of esters is 5. The molecule has 10 N–H and O–H groups in total. The van der Waals surface area contributed by atoms with E-state index < -0.39 is 29.8 Å². The molecule has 0 amide bonds. The molecule has 8 rings (SSSR count). The van der Waals surface area contributed by atoms with Gasteiger partial charge in [0.25, 0.3) is 0 Å². The summed E-state index contributed by atoms with van der Waals surface area (Å²) >= 11 is 0. The standard InChI is InChI=1S/C45H48N2O10.C18H20N2O2.C14H16O5.C8H8O2.H4N2.H2O/c1-5-41(33-12-24-39(25-13-33)56-44(50)35-16-20-37(21-17-35)53-29-9-8-28-52-32(4)48)46-47-42(6-2)34-14-26-40(27-15-34)57-45(51)36-18-22-38(23-19-36)54-30-10-11-31-55-43(49)7-3;1-3-17(13-5-9-15(21)10-6-13)19-20-18(4-2)14-7-11-16(22)12-8-14;1-2-13(15)19-10-4-3-9-18-12-7-5-11(6-8-12)14(16)17;1-6(9)7-2-4-8(10)5-3-7;1-2;/h7,12-27H,3,5-6,8-11,28-31H2,1-2,4H3;5-12,21-22H,3-4H2,1-2H3;2,5-8H,1,3-4,9-10H2,(H,16,17);2-5,10H,1H3;1-2H2;1H2/b46-41+,47-42+;19-17+,20-18+;;;;. The van der Waals surface area contributed by atoms with Crippen LogP contribution in [-0.4, -0.2) is 130 Å². The third-order valence-electron chi connectivity index (χ3n) is 15.2. The summed E-state index contributed by atoms with van der Waals surface area (Å²) in [7, 11) is 0. The van der Waals surface area contributed by atoms with Crippen LogP contribution < -0.4 is 35.4 Å². The molecule has 8 aromatic rings. The summed E-state index contributed by atoms with van der Waals surface area (Å²) in [6, 6.07) is 53.9. The molecule has 8 aromatic carbocycles. The largest absolute Gasteiger partial charge is 0.508 e. The molecule has 0 aliphatic rings. The minimum Gasteiger partial charge on any atom is -0.508 e. The van der Waals surface area contributed by atoms with Gasteiger partial charge < -0.3 is 63.8 Å². The zero-order valence-electron chi connectivity index (χ0n) is 63.2. The lowest BCUT2D eigenvalue weighted by Gasteiger charge is -2.09. The molecule has 0 spiro atoms. The lowest BCUT2D eigenvalue weighted by molar-refractivity contribution is -0.141. The minimum absolute atomic E-state index is 0. The van der Waals surface area contributed by atoms with E-state index in [1.54, 1.807) is 121 Å². The molecule has 0 aliphatic heterocycles.